The van der Waals surface area contributed by atoms with Gasteiger partial charge in [0.25, 0.3) is 0 Å². The Morgan fingerprint density at radius 3 is 2.60 bits per heavy atom. The molecule has 1 unspecified atom stereocenters. The number of fused-ring (bicyclic) bond motifs is 1. The van der Waals surface area contributed by atoms with Gasteiger partial charge in [-0.3, -0.25) is 0 Å². The van der Waals surface area contributed by atoms with Crippen LogP contribution in [0.4, 0.5) is 0 Å². The van der Waals surface area contributed by atoms with Crippen LogP contribution >= 0.6 is 0 Å². The van der Waals surface area contributed by atoms with Crippen molar-refractivity contribution in [2.75, 3.05) is 0 Å². The molecular formula is C13H22O2. The molecule has 2 nitrogen and oxygen atoms in total. The number of rotatable bonds is 0. The first kappa shape index (κ1) is 12.3. The molecule has 1 heterocycles. The number of furan rings is 1. The van der Waals surface area contributed by atoms with E-state index in [-0.39, 0.29) is 11.5 Å². The van der Waals surface area contributed by atoms with Crippen LogP contribution in [0.2, 0.25) is 0 Å². The van der Waals surface area contributed by atoms with Crippen molar-refractivity contribution >= 4 is 0 Å². The van der Waals surface area contributed by atoms with Crippen LogP contribution in [0, 0.1) is 12.3 Å². The lowest BCUT2D eigenvalue weighted by molar-refractivity contribution is 0.0308. The van der Waals surface area contributed by atoms with Crippen molar-refractivity contribution in [1.82, 2.24) is 0 Å². The Balaban J connectivity index is 0.000000531. The third-order valence-corrected chi connectivity index (χ3v) is 3.00. The molecule has 86 valence electrons. The summed E-state index contributed by atoms with van der Waals surface area (Å²) in [7, 11) is 0. The van der Waals surface area contributed by atoms with E-state index in [2.05, 4.69) is 13.8 Å². The lowest BCUT2D eigenvalue weighted by Crippen LogP contribution is -2.27. The third kappa shape index (κ3) is 2.25. The van der Waals surface area contributed by atoms with Gasteiger partial charge in [0.15, 0.2) is 0 Å². The van der Waals surface area contributed by atoms with E-state index in [1.807, 2.05) is 26.8 Å². The summed E-state index contributed by atoms with van der Waals surface area (Å²) in [5, 5.41) is 10.0. The van der Waals surface area contributed by atoms with Crippen LogP contribution in [0.25, 0.3) is 0 Å². The van der Waals surface area contributed by atoms with Crippen molar-refractivity contribution in [3.05, 3.63) is 23.2 Å². The molecule has 2 rings (SSSR count). The lowest BCUT2D eigenvalue weighted by atomic mass is 9.74. The number of hydrogen-bond donors (Lipinski definition) is 1. The first-order valence-electron chi connectivity index (χ1n) is 5.78. The smallest absolute Gasteiger partial charge is 0.109 e. The van der Waals surface area contributed by atoms with E-state index in [0.29, 0.717) is 0 Å². The third-order valence-electron chi connectivity index (χ3n) is 3.00. The van der Waals surface area contributed by atoms with Gasteiger partial charge in [0.1, 0.15) is 11.5 Å². The van der Waals surface area contributed by atoms with Crippen LogP contribution in [0.3, 0.4) is 0 Å². The van der Waals surface area contributed by atoms with E-state index >= 15 is 0 Å². The van der Waals surface area contributed by atoms with Gasteiger partial charge in [0.05, 0.1) is 6.10 Å². The number of aryl methyl sites for hydroxylation is 2. The van der Waals surface area contributed by atoms with Crippen LogP contribution in [0.15, 0.2) is 10.5 Å². The van der Waals surface area contributed by atoms with Gasteiger partial charge in [-0.2, -0.15) is 0 Å². The largest absolute Gasteiger partial charge is 0.466 e. The summed E-state index contributed by atoms with van der Waals surface area (Å²) in [5.74, 6) is 1.88. The molecule has 0 bridgehead atoms. The molecule has 0 aliphatic heterocycles. The standard InChI is InChI=1S/C11H16O2.C2H6/c1-7-6-8-9(13-7)4-5-11(2,3)10(8)12;1-2/h6,10,12H,4-5H2,1-3H3;1-2H3. The van der Waals surface area contributed by atoms with Crippen LogP contribution < -0.4 is 0 Å². The Labute approximate surface area is 92.3 Å². The minimum atomic E-state index is -0.367. The first-order valence-corrected chi connectivity index (χ1v) is 5.78. The molecule has 15 heavy (non-hydrogen) atoms. The Bertz CT molecular complexity index is 323. The van der Waals surface area contributed by atoms with Crippen molar-refractivity contribution in [3.63, 3.8) is 0 Å². The Hall–Kier alpha value is -0.760. The normalized spacial score (nSPS) is 22.7. The second-order valence-electron chi connectivity index (χ2n) is 4.63. The van der Waals surface area contributed by atoms with Gasteiger partial charge < -0.3 is 9.52 Å². The summed E-state index contributed by atoms with van der Waals surface area (Å²) in [4.78, 5) is 0. The summed E-state index contributed by atoms with van der Waals surface area (Å²) in [6, 6.07) is 1.96. The summed E-state index contributed by atoms with van der Waals surface area (Å²) in [5.41, 5.74) is 0.984. The molecule has 0 aromatic carbocycles. The molecule has 1 aliphatic rings. The molecular weight excluding hydrogens is 188 g/mol. The zero-order valence-corrected chi connectivity index (χ0v) is 10.4. The Morgan fingerprint density at radius 1 is 1.40 bits per heavy atom. The van der Waals surface area contributed by atoms with Gasteiger partial charge in [-0.25, -0.2) is 0 Å². The van der Waals surface area contributed by atoms with Crippen LogP contribution in [-0.4, -0.2) is 5.11 Å². The Morgan fingerprint density at radius 2 is 2.00 bits per heavy atom. The maximum absolute atomic E-state index is 10.0. The van der Waals surface area contributed by atoms with E-state index in [4.69, 9.17) is 4.42 Å². The molecule has 1 aliphatic carbocycles. The molecule has 0 saturated heterocycles. The molecule has 1 aromatic heterocycles. The highest BCUT2D eigenvalue weighted by Crippen LogP contribution is 2.44. The number of aliphatic hydroxyl groups is 1. The molecule has 0 amide bonds. The molecule has 0 fully saturated rings. The van der Waals surface area contributed by atoms with E-state index in [9.17, 15) is 5.11 Å². The van der Waals surface area contributed by atoms with Crippen molar-refractivity contribution in [3.8, 4) is 0 Å². The Kier molecular flexibility index (Phi) is 3.61. The first-order chi connectivity index (χ1) is 7.00. The zero-order chi connectivity index (χ0) is 11.6. The van der Waals surface area contributed by atoms with E-state index in [0.717, 1.165) is 29.9 Å². The fraction of sp³-hybridized carbons (Fsp3) is 0.692. The highest BCUT2D eigenvalue weighted by molar-refractivity contribution is 5.28. The summed E-state index contributed by atoms with van der Waals surface area (Å²) >= 11 is 0. The zero-order valence-electron chi connectivity index (χ0n) is 10.4. The van der Waals surface area contributed by atoms with E-state index in [1.165, 1.54) is 0 Å². The maximum atomic E-state index is 10.0. The SMILES string of the molecule is CC.Cc1cc2c(o1)CCC(C)(C)C2O. The molecule has 0 radical (unpaired) electrons. The summed E-state index contributed by atoms with van der Waals surface area (Å²) in [6.45, 7) is 10.1. The quantitative estimate of drug-likeness (QED) is 0.709. The molecule has 1 aromatic rings. The fourth-order valence-corrected chi connectivity index (χ4v) is 2.00. The van der Waals surface area contributed by atoms with E-state index < -0.39 is 0 Å². The predicted molar refractivity (Wildman–Crippen MR) is 61.9 cm³/mol. The topological polar surface area (TPSA) is 33.4 Å². The maximum Gasteiger partial charge on any atom is 0.109 e. The minimum absolute atomic E-state index is 0.0106. The van der Waals surface area contributed by atoms with Crippen LogP contribution in [0.1, 0.15) is 57.3 Å². The minimum Gasteiger partial charge on any atom is -0.466 e. The number of aliphatic hydroxyl groups excluding tert-OH is 1. The van der Waals surface area contributed by atoms with Crippen molar-refractivity contribution in [1.29, 1.82) is 0 Å². The average Bonchev–Trinajstić information content (AvgIpc) is 2.57. The van der Waals surface area contributed by atoms with Gasteiger partial charge in [0, 0.05) is 12.0 Å². The van der Waals surface area contributed by atoms with Gasteiger partial charge >= 0.3 is 0 Å². The van der Waals surface area contributed by atoms with Crippen molar-refractivity contribution < 1.29 is 9.52 Å². The summed E-state index contributed by atoms with van der Waals surface area (Å²) < 4.78 is 5.51. The summed E-state index contributed by atoms with van der Waals surface area (Å²) in [6.07, 6.45) is 1.58. The van der Waals surface area contributed by atoms with Gasteiger partial charge in [0.2, 0.25) is 0 Å². The van der Waals surface area contributed by atoms with E-state index in [1.54, 1.807) is 0 Å². The highest BCUT2D eigenvalue weighted by Gasteiger charge is 2.36. The van der Waals surface area contributed by atoms with Gasteiger partial charge in [-0.1, -0.05) is 27.7 Å². The van der Waals surface area contributed by atoms with Crippen LogP contribution in [-0.2, 0) is 6.42 Å². The monoisotopic (exact) mass is 210 g/mol. The molecule has 1 atom stereocenters. The molecule has 0 saturated carbocycles. The second kappa shape index (κ2) is 4.40. The average molecular weight is 210 g/mol. The van der Waals surface area contributed by atoms with Gasteiger partial charge in [-0.15, -0.1) is 0 Å². The van der Waals surface area contributed by atoms with Crippen molar-refractivity contribution in [2.45, 2.75) is 53.6 Å². The fourth-order valence-electron chi connectivity index (χ4n) is 2.00. The number of hydrogen-bond acceptors (Lipinski definition) is 2. The van der Waals surface area contributed by atoms with Gasteiger partial charge in [-0.05, 0) is 24.8 Å². The lowest BCUT2D eigenvalue weighted by Gasteiger charge is -2.34. The predicted octanol–water partition coefficient (Wildman–Crippen LogP) is 3.62. The molecule has 1 N–H and O–H groups in total. The van der Waals surface area contributed by atoms with Crippen molar-refractivity contribution in [2.24, 2.45) is 5.41 Å². The highest BCUT2D eigenvalue weighted by atomic mass is 16.3. The molecule has 0 spiro atoms. The molecule has 2 heteroatoms. The van der Waals surface area contributed by atoms with Crippen LogP contribution in [0.5, 0.6) is 0 Å². The second-order valence-corrected chi connectivity index (χ2v) is 4.63.